The van der Waals surface area contributed by atoms with Crippen molar-refractivity contribution in [3.8, 4) is 0 Å². The van der Waals surface area contributed by atoms with Crippen LogP contribution in [0.4, 0.5) is 0 Å². The van der Waals surface area contributed by atoms with E-state index >= 15 is 0 Å². The average molecular weight is 358 g/mol. The van der Waals surface area contributed by atoms with Crippen LogP contribution in [-0.4, -0.2) is 40.0 Å². The number of halogens is 1. The van der Waals surface area contributed by atoms with Crippen molar-refractivity contribution < 1.29 is 0 Å². The molecule has 3 heterocycles. The molecule has 0 amide bonds. The number of fused-ring (bicyclic) bond motifs is 2. The summed E-state index contributed by atoms with van der Waals surface area (Å²) < 4.78 is 1.05. The fourth-order valence-electron chi connectivity index (χ4n) is 3.75. The summed E-state index contributed by atoms with van der Waals surface area (Å²) in [6.45, 7) is 4.44. The van der Waals surface area contributed by atoms with Crippen molar-refractivity contribution in [2.45, 2.75) is 31.6 Å². The summed E-state index contributed by atoms with van der Waals surface area (Å²) in [6, 6.07) is 16.4. The van der Waals surface area contributed by atoms with Gasteiger partial charge in [-0.2, -0.15) is 0 Å². The Bertz CT molecular complexity index is 629. The molecule has 1 aromatic carbocycles. The molecule has 2 aromatic rings. The highest BCUT2D eigenvalue weighted by atomic mass is 79.9. The Morgan fingerprint density at radius 2 is 1.68 bits per heavy atom. The fourth-order valence-corrected chi connectivity index (χ4v) is 3.98. The van der Waals surface area contributed by atoms with Crippen molar-refractivity contribution in [1.82, 2.24) is 14.8 Å². The second kappa shape index (κ2) is 6.11. The Balaban J connectivity index is 1.36. The van der Waals surface area contributed by atoms with Crippen LogP contribution in [0.5, 0.6) is 0 Å². The Labute approximate surface area is 140 Å². The lowest BCUT2D eigenvalue weighted by atomic mass is 10.2. The lowest BCUT2D eigenvalue weighted by Crippen LogP contribution is -2.45. The molecule has 0 N–H and O–H groups in total. The molecule has 3 nitrogen and oxygen atoms in total. The highest BCUT2D eigenvalue weighted by Crippen LogP contribution is 2.32. The van der Waals surface area contributed by atoms with E-state index in [0.717, 1.165) is 17.6 Å². The van der Waals surface area contributed by atoms with E-state index in [2.05, 4.69) is 73.2 Å². The quantitative estimate of drug-likeness (QED) is 0.836. The Hall–Kier alpha value is -1.23. The van der Waals surface area contributed by atoms with Crippen LogP contribution in [0.2, 0.25) is 0 Å². The summed E-state index contributed by atoms with van der Waals surface area (Å²) >= 11 is 3.45. The molecular weight excluding hydrogens is 338 g/mol. The SMILES string of the molecule is Brc1ccc(CN2CC3CC2CN3Cc2ccccc2)nc1. The number of benzene rings is 1. The Kier molecular flexibility index (Phi) is 3.99. The monoisotopic (exact) mass is 357 g/mol. The number of aromatic nitrogens is 1. The highest BCUT2D eigenvalue weighted by molar-refractivity contribution is 9.10. The van der Waals surface area contributed by atoms with Crippen LogP contribution in [0.25, 0.3) is 0 Å². The van der Waals surface area contributed by atoms with E-state index in [1.807, 2.05) is 6.20 Å². The maximum atomic E-state index is 4.51. The van der Waals surface area contributed by atoms with Crippen LogP contribution in [0, 0.1) is 0 Å². The number of nitrogens with zero attached hydrogens (tertiary/aromatic N) is 3. The van der Waals surface area contributed by atoms with Gasteiger partial charge in [-0.25, -0.2) is 0 Å². The minimum atomic E-state index is 0.694. The molecule has 0 saturated carbocycles. The molecule has 2 fully saturated rings. The highest BCUT2D eigenvalue weighted by Gasteiger charge is 2.42. The number of likely N-dealkylation sites (tertiary alicyclic amines) is 2. The average Bonchev–Trinajstić information content (AvgIpc) is 3.10. The summed E-state index contributed by atoms with van der Waals surface area (Å²) in [4.78, 5) is 9.75. The second-order valence-corrected chi connectivity index (χ2v) is 7.27. The van der Waals surface area contributed by atoms with Crippen LogP contribution >= 0.6 is 15.9 Å². The fraction of sp³-hybridized carbons (Fsp3) is 0.389. The smallest absolute Gasteiger partial charge is 0.0544 e. The van der Waals surface area contributed by atoms with Gasteiger partial charge in [0.1, 0.15) is 0 Å². The summed E-state index contributed by atoms with van der Waals surface area (Å²) in [7, 11) is 0. The number of rotatable bonds is 4. The van der Waals surface area contributed by atoms with E-state index in [0.29, 0.717) is 12.1 Å². The van der Waals surface area contributed by atoms with E-state index in [9.17, 15) is 0 Å². The molecule has 4 heteroatoms. The molecule has 0 radical (unpaired) electrons. The largest absolute Gasteiger partial charge is 0.293 e. The molecule has 0 aliphatic carbocycles. The Morgan fingerprint density at radius 1 is 0.955 bits per heavy atom. The van der Waals surface area contributed by atoms with Gasteiger partial charge >= 0.3 is 0 Å². The van der Waals surface area contributed by atoms with Gasteiger partial charge in [0.15, 0.2) is 0 Å². The lowest BCUT2D eigenvalue weighted by Gasteiger charge is -2.34. The van der Waals surface area contributed by atoms with Crippen molar-refractivity contribution >= 4 is 15.9 Å². The van der Waals surface area contributed by atoms with Gasteiger partial charge in [-0.1, -0.05) is 30.3 Å². The first-order valence-electron chi connectivity index (χ1n) is 7.90. The standard InChI is InChI=1S/C18H20BrN3/c19-15-6-7-16(20-9-15)11-22-13-17-8-18(22)12-21(17)10-14-4-2-1-3-5-14/h1-7,9,17-18H,8,10-13H2. The number of piperazine rings is 1. The molecule has 2 atom stereocenters. The van der Waals surface area contributed by atoms with Gasteiger partial charge in [0.05, 0.1) is 5.69 Å². The maximum absolute atomic E-state index is 4.51. The van der Waals surface area contributed by atoms with Gasteiger partial charge in [-0.05, 0) is 40.0 Å². The van der Waals surface area contributed by atoms with Crippen molar-refractivity contribution in [2.24, 2.45) is 0 Å². The van der Waals surface area contributed by atoms with Crippen LogP contribution < -0.4 is 0 Å². The summed E-state index contributed by atoms with van der Waals surface area (Å²) in [5.41, 5.74) is 2.60. The van der Waals surface area contributed by atoms with Gasteiger partial charge in [0.2, 0.25) is 0 Å². The lowest BCUT2D eigenvalue weighted by molar-refractivity contribution is 0.117. The van der Waals surface area contributed by atoms with Crippen LogP contribution in [-0.2, 0) is 13.1 Å². The van der Waals surface area contributed by atoms with Gasteiger partial charge in [0.25, 0.3) is 0 Å². The molecule has 22 heavy (non-hydrogen) atoms. The zero-order valence-corrected chi connectivity index (χ0v) is 14.1. The first kappa shape index (κ1) is 14.4. The van der Waals surface area contributed by atoms with Crippen molar-refractivity contribution in [3.63, 3.8) is 0 Å². The van der Waals surface area contributed by atoms with Crippen molar-refractivity contribution in [3.05, 3.63) is 64.4 Å². The number of pyridine rings is 1. The topological polar surface area (TPSA) is 19.4 Å². The van der Waals surface area contributed by atoms with Crippen LogP contribution in [0.1, 0.15) is 17.7 Å². The summed E-state index contributed by atoms with van der Waals surface area (Å²) in [5.74, 6) is 0. The van der Waals surface area contributed by atoms with Crippen LogP contribution in [0.3, 0.4) is 0 Å². The van der Waals surface area contributed by atoms with E-state index in [1.165, 1.54) is 30.8 Å². The molecule has 2 aliphatic heterocycles. The molecule has 4 rings (SSSR count). The normalized spacial score (nSPS) is 25.0. The molecule has 114 valence electrons. The molecule has 2 aliphatic rings. The first-order valence-corrected chi connectivity index (χ1v) is 8.70. The Morgan fingerprint density at radius 3 is 2.32 bits per heavy atom. The zero-order valence-electron chi connectivity index (χ0n) is 12.5. The molecule has 2 unspecified atom stereocenters. The predicted octanol–water partition coefficient (Wildman–Crippen LogP) is 3.30. The second-order valence-electron chi connectivity index (χ2n) is 6.36. The number of hydrogen-bond acceptors (Lipinski definition) is 3. The van der Waals surface area contributed by atoms with E-state index in [4.69, 9.17) is 0 Å². The molecule has 2 saturated heterocycles. The van der Waals surface area contributed by atoms with Gasteiger partial charge in [-0.3, -0.25) is 14.8 Å². The van der Waals surface area contributed by atoms with Gasteiger partial charge in [0, 0.05) is 48.9 Å². The van der Waals surface area contributed by atoms with E-state index in [1.54, 1.807) is 0 Å². The van der Waals surface area contributed by atoms with E-state index < -0.39 is 0 Å². The molecule has 2 bridgehead atoms. The molecular formula is C18H20BrN3. The first-order chi connectivity index (χ1) is 10.8. The molecule has 0 spiro atoms. The van der Waals surface area contributed by atoms with Crippen molar-refractivity contribution in [1.29, 1.82) is 0 Å². The maximum Gasteiger partial charge on any atom is 0.0544 e. The van der Waals surface area contributed by atoms with Crippen LogP contribution in [0.15, 0.2) is 53.1 Å². The van der Waals surface area contributed by atoms with Gasteiger partial charge < -0.3 is 0 Å². The minimum Gasteiger partial charge on any atom is -0.293 e. The summed E-state index contributed by atoms with van der Waals surface area (Å²) in [6.07, 6.45) is 3.20. The summed E-state index contributed by atoms with van der Waals surface area (Å²) in [5, 5.41) is 0. The third-order valence-corrected chi connectivity index (χ3v) is 5.32. The zero-order chi connectivity index (χ0) is 14.9. The third-order valence-electron chi connectivity index (χ3n) is 4.85. The van der Waals surface area contributed by atoms with Gasteiger partial charge in [-0.15, -0.1) is 0 Å². The van der Waals surface area contributed by atoms with Crippen molar-refractivity contribution in [2.75, 3.05) is 13.1 Å². The minimum absolute atomic E-state index is 0.694. The third kappa shape index (κ3) is 2.96. The predicted molar refractivity (Wildman–Crippen MR) is 91.4 cm³/mol. The number of hydrogen-bond donors (Lipinski definition) is 0. The molecule has 1 aromatic heterocycles. The van der Waals surface area contributed by atoms with E-state index in [-0.39, 0.29) is 0 Å².